The van der Waals surface area contributed by atoms with Crippen LogP contribution in [0.5, 0.6) is 0 Å². The summed E-state index contributed by atoms with van der Waals surface area (Å²) in [5, 5.41) is 18.3. The fourth-order valence-electron chi connectivity index (χ4n) is 3.08. The summed E-state index contributed by atoms with van der Waals surface area (Å²) in [7, 11) is 0. The third kappa shape index (κ3) is 3.76. The van der Waals surface area contributed by atoms with E-state index in [9.17, 15) is 14.7 Å². The van der Waals surface area contributed by atoms with Crippen molar-refractivity contribution in [3.05, 3.63) is 21.6 Å². The second kappa shape index (κ2) is 6.76. The lowest BCUT2D eigenvalue weighted by Gasteiger charge is -2.19. The van der Waals surface area contributed by atoms with Crippen LogP contribution in [0.15, 0.2) is 11.0 Å². The van der Waals surface area contributed by atoms with Gasteiger partial charge in [0.05, 0.1) is 24.5 Å². The minimum Gasteiger partial charge on any atom is -0.444 e. The molecule has 1 amide bonds. The number of halogens is 1. The molecule has 0 aromatic carbocycles. The van der Waals surface area contributed by atoms with Crippen LogP contribution in [0.2, 0.25) is 5.02 Å². The van der Waals surface area contributed by atoms with E-state index >= 15 is 0 Å². The van der Waals surface area contributed by atoms with Crippen LogP contribution < -0.4 is 15.8 Å². The van der Waals surface area contributed by atoms with E-state index in [-0.39, 0.29) is 23.3 Å². The van der Waals surface area contributed by atoms with Gasteiger partial charge in [0.2, 0.25) is 0 Å². The van der Waals surface area contributed by atoms with E-state index in [1.807, 2.05) is 4.90 Å². The Kier molecular flexibility index (Phi) is 4.72. The van der Waals surface area contributed by atoms with Crippen molar-refractivity contribution in [1.82, 2.24) is 15.5 Å². The summed E-state index contributed by atoms with van der Waals surface area (Å²) in [6.07, 6.45) is 3.11. The molecular formula is C14H19ClN4O4. The quantitative estimate of drug-likeness (QED) is 0.744. The summed E-state index contributed by atoms with van der Waals surface area (Å²) in [6.45, 7) is 1.09. The van der Waals surface area contributed by atoms with Crippen LogP contribution in [-0.2, 0) is 4.74 Å². The zero-order chi connectivity index (χ0) is 16.4. The van der Waals surface area contributed by atoms with Crippen LogP contribution >= 0.6 is 11.6 Å². The predicted octanol–water partition coefficient (Wildman–Crippen LogP) is 0.642. The topological polar surface area (TPSA) is 108 Å². The van der Waals surface area contributed by atoms with Gasteiger partial charge in [-0.3, -0.25) is 4.79 Å². The molecule has 126 valence electrons. The smallest absolute Gasteiger partial charge is 0.407 e. The van der Waals surface area contributed by atoms with Gasteiger partial charge in [-0.25, -0.2) is 9.89 Å². The lowest BCUT2D eigenvalue weighted by atomic mass is 10.2. The average Bonchev–Trinajstić information content (AvgIpc) is 3.11. The molecule has 0 bridgehead atoms. The van der Waals surface area contributed by atoms with E-state index in [0.717, 1.165) is 6.42 Å². The Hall–Kier alpha value is -1.80. The Morgan fingerprint density at radius 1 is 1.48 bits per heavy atom. The number of aliphatic hydroxyl groups excluding tert-OH is 1. The summed E-state index contributed by atoms with van der Waals surface area (Å²) in [5.41, 5.74) is 0.104. The van der Waals surface area contributed by atoms with E-state index < -0.39 is 11.7 Å². The van der Waals surface area contributed by atoms with E-state index in [1.54, 1.807) is 0 Å². The number of aromatic nitrogens is 2. The first-order valence-corrected chi connectivity index (χ1v) is 8.04. The van der Waals surface area contributed by atoms with Crippen LogP contribution in [0.1, 0.15) is 25.7 Å². The number of alkyl carbamates (subject to hydrolysis) is 1. The number of hydrogen-bond donors (Lipinski definition) is 3. The van der Waals surface area contributed by atoms with Crippen molar-refractivity contribution in [1.29, 1.82) is 0 Å². The molecule has 0 radical (unpaired) electrons. The standard InChI is InChI=1S/C14H19ClN4O4/c15-12-11(6-16-18-13(12)21)19-4-3-10(7-19)23-14(22)17-8-1-2-9(20)5-8/h6,8-10,20H,1-5,7H2,(H,17,22)(H,18,21)/t8-,9+,10-/m1/s1. The number of anilines is 1. The van der Waals surface area contributed by atoms with Crippen LogP contribution in [0.4, 0.5) is 10.5 Å². The van der Waals surface area contributed by atoms with Gasteiger partial charge in [0.1, 0.15) is 11.1 Å². The summed E-state index contributed by atoms with van der Waals surface area (Å²) >= 11 is 5.98. The number of nitrogens with zero attached hydrogens (tertiary/aromatic N) is 2. The SMILES string of the molecule is O=C(N[C@@H]1CC[C@H](O)C1)O[C@@H]1CCN(c2cn[nH]c(=O)c2Cl)C1. The number of nitrogens with one attached hydrogen (secondary N) is 2. The number of amides is 1. The van der Waals surface area contributed by atoms with Gasteiger partial charge in [-0.1, -0.05) is 11.6 Å². The van der Waals surface area contributed by atoms with Crippen LogP contribution in [0, 0.1) is 0 Å². The molecule has 0 spiro atoms. The molecule has 1 aromatic heterocycles. The summed E-state index contributed by atoms with van der Waals surface area (Å²) in [4.78, 5) is 25.3. The lowest BCUT2D eigenvalue weighted by molar-refractivity contribution is 0.104. The van der Waals surface area contributed by atoms with E-state index in [2.05, 4.69) is 15.5 Å². The number of carbonyl (C=O) groups excluding carboxylic acids is 1. The summed E-state index contributed by atoms with van der Waals surface area (Å²) < 4.78 is 5.41. The van der Waals surface area contributed by atoms with Crippen LogP contribution in [0.25, 0.3) is 0 Å². The van der Waals surface area contributed by atoms with Crippen molar-refractivity contribution in [2.45, 2.75) is 43.9 Å². The monoisotopic (exact) mass is 342 g/mol. The maximum absolute atomic E-state index is 11.9. The Morgan fingerprint density at radius 3 is 3.04 bits per heavy atom. The average molecular weight is 343 g/mol. The molecule has 3 atom stereocenters. The largest absolute Gasteiger partial charge is 0.444 e. The second-order valence-electron chi connectivity index (χ2n) is 5.97. The number of hydrogen-bond acceptors (Lipinski definition) is 6. The highest BCUT2D eigenvalue weighted by atomic mass is 35.5. The Labute approximate surface area is 137 Å². The van der Waals surface area contributed by atoms with Crippen molar-refractivity contribution in [2.75, 3.05) is 18.0 Å². The third-order valence-corrected chi connectivity index (χ3v) is 4.63. The van der Waals surface area contributed by atoms with Gasteiger partial charge in [-0.05, 0) is 19.3 Å². The molecule has 9 heteroatoms. The van der Waals surface area contributed by atoms with Gasteiger partial charge in [0.25, 0.3) is 5.56 Å². The maximum atomic E-state index is 11.9. The van der Waals surface area contributed by atoms with E-state index in [1.165, 1.54) is 6.20 Å². The molecule has 0 unspecified atom stereocenters. The Morgan fingerprint density at radius 2 is 2.30 bits per heavy atom. The second-order valence-corrected chi connectivity index (χ2v) is 6.35. The molecule has 1 aliphatic carbocycles. The molecule has 3 N–H and O–H groups in total. The number of rotatable bonds is 3. The molecule has 1 saturated heterocycles. The number of ether oxygens (including phenoxy) is 1. The molecule has 2 fully saturated rings. The van der Waals surface area contributed by atoms with Gasteiger partial charge in [-0.2, -0.15) is 5.10 Å². The minimum atomic E-state index is -0.467. The molecule has 1 saturated carbocycles. The van der Waals surface area contributed by atoms with Gasteiger partial charge >= 0.3 is 6.09 Å². The highest BCUT2D eigenvalue weighted by Gasteiger charge is 2.30. The summed E-state index contributed by atoms with van der Waals surface area (Å²) in [6, 6.07) is -0.0265. The van der Waals surface area contributed by atoms with Crippen molar-refractivity contribution in [3.63, 3.8) is 0 Å². The van der Waals surface area contributed by atoms with Crippen molar-refractivity contribution in [2.24, 2.45) is 0 Å². The first kappa shape index (κ1) is 16.1. The predicted molar refractivity (Wildman–Crippen MR) is 83.7 cm³/mol. The van der Waals surface area contributed by atoms with Gasteiger partial charge < -0.3 is 20.1 Å². The minimum absolute atomic E-state index is 0.0265. The maximum Gasteiger partial charge on any atom is 0.407 e. The molecule has 2 aliphatic rings. The number of aliphatic hydroxyl groups is 1. The van der Waals surface area contributed by atoms with Crippen LogP contribution in [-0.4, -0.2) is 52.7 Å². The molecule has 1 aliphatic heterocycles. The highest BCUT2D eigenvalue weighted by molar-refractivity contribution is 6.33. The zero-order valence-corrected chi connectivity index (χ0v) is 13.3. The molecule has 23 heavy (non-hydrogen) atoms. The fraction of sp³-hybridized carbons (Fsp3) is 0.643. The Bertz CT molecular complexity index is 637. The summed E-state index contributed by atoms with van der Waals surface area (Å²) in [5.74, 6) is 0. The van der Waals surface area contributed by atoms with E-state index in [0.29, 0.717) is 38.0 Å². The molecular weight excluding hydrogens is 324 g/mol. The van der Waals surface area contributed by atoms with Crippen molar-refractivity contribution >= 4 is 23.4 Å². The van der Waals surface area contributed by atoms with E-state index in [4.69, 9.17) is 16.3 Å². The van der Waals surface area contributed by atoms with Gasteiger partial charge in [0, 0.05) is 19.0 Å². The molecule has 2 heterocycles. The van der Waals surface area contributed by atoms with Crippen LogP contribution in [0.3, 0.4) is 0 Å². The van der Waals surface area contributed by atoms with Gasteiger partial charge in [-0.15, -0.1) is 0 Å². The number of aromatic amines is 1. The zero-order valence-electron chi connectivity index (χ0n) is 12.5. The van der Waals surface area contributed by atoms with Crippen molar-refractivity contribution < 1.29 is 14.6 Å². The number of H-pyrrole nitrogens is 1. The number of carbonyl (C=O) groups is 1. The van der Waals surface area contributed by atoms with Crippen molar-refractivity contribution in [3.8, 4) is 0 Å². The lowest BCUT2D eigenvalue weighted by Crippen LogP contribution is -2.37. The molecule has 3 rings (SSSR count). The highest BCUT2D eigenvalue weighted by Crippen LogP contribution is 2.26. The van der Waals surface area contributed by atoms with Gasteiger partial charge in [0.15, 0.2) is 0 Å². The Balaban J connectivity index is 1.52. The first-order valence-electron chi connectivity index (χ1n) is 7.66. The normalized spacial score (nSPS) is 27.2. The first-order chi connectivity index (χ1) is 11.0. The third-order valence-electron chi connectivity index (χ3n) is 4.26. The fourth-order valence-corrected chi connectivity index (χ4v) is 3.29. The molecule has 1 aromatic rings. The molecule has 8 nitrogen and oxygen atoms in total.